The summed E-state index contributed by atoms with van der Waals surface area (Å²) in [7, 11) is -2.47. The molecule has 1 saturated heterocycles. The van der Waals surface area contributed by atoms with Crippen LogP contribution in [0.5, 0.6) is 0 Å². The molecule has 0 bridgehead atoms. The molecule has 0 saturated carbocycles. The molecule has 1 aromatic rings. The number of benzene rings is 1. The highest BCUT2D eigenvalue weighted by Crippen LogP contribution is 2.28. The van der Waals surface area contributed by atoms with Gasteiger partial charge >= 0.3 is 0 Å². The number of nitrogens with zero attached hydrogens (tertiary/aromatic N) is 2. The van der Waals surface area contributed by atoms with Crippen molar-refractivity contribution >= 4 is 21.4 Å². The summed E-state index contributed by atoms with van der Waals surface area (Å²) in [5.74, 6) is 0.484. The zero-order valence-corrected chi connectivity index (χ0v) is 16.8. The van der Waals surface area contributed by atoms with Crippen LogP contribution in [0.3, 0.4) is 0 Å². The van der Waals surface area contributed by atoms with E-state index in [0.717, 1.165) is 25.6 Å². The van der Waals surface area contributed by atoms with Gasteiger partial charge in [-0.15, -0.1) is 0 Å². The van der Waals surface area contributed by atoms with Crippen molar-refractivity contribution in [3.63, 3.8) is 0 Å². The van der Waals surface area contributed by atoms with Gasteiger partial charge in [0.05, 0.1) is 23.0 Å². The van der Waals surface area contributed by atoms with Gasteiger partial charge in [-0.05, 0) is 31.5 Å². The number of anilines is 1. The Labute approximate surface area is 160 Å². The topological polar surface area (TPSA) is 114 Å². The van der Waals surface area contributed by atoms with E-state index >= 15 is 0 Å². The molecule has 1 atom stereocenters. The molecule has 0 spiro atoms. The van der Waals surface area contributed by atoms with Crippen LogP contribution >= 0.6 is 0 Å². The van der Waals surface area contributed by atoms with E-state index in [9.17, 15) is 18.5 Å². The highest BCUT2D eigenvalue weighted by molar-refractivity contribution is 7.89. The van der Waals surface area contributed by atoms with Crippen LogP contribution in [0, 0.1) is 16.0 Å². The first-order valence-electron chi connectivity index (χ1n) is 9.02. The number of sulfonamides is 1. The van der Waals surface area contributed by atoms with Gasteiger partial charge in [-0.2, -0.15) is 0 Å². The summed E-state index contributed by atoms with van der Waals surface area (Å²) in [4.78, 5) is 13.1. The molecule has 0 aromatic heterocycles. The van der Waals surface area contributed by atoms with Gasteiger partial charge in [-0.1, -0.05) is 13.8 Å². The molecule has 9 nitrogen and oxygen atoms in total. The van der Waals surface area contributed by atoms with Crippen LogP contribution < -0.4 is 10.0 Å². The van der Waals surface area contributed by atoms with Crippen molar-refractivity contribution in [3.05, 3.63) is 28.3 Å². The summed E-state index contributed by atoms with van der Waals surface area (Å²) in [6.45, 7) is 7.87. The zero-order chi connectivity index (χ0) is 20.0. The number of ether oxygens (including phenoxy) is 1. The third-order valence-corrected chi connectivity index (χ3v) is 5.99. The number of morpholine rings is 1. The number of nitrogens with one attached hydrogen (secondary N) is 2. The Balaban J connectivity index is 2.19. The molecule has 2 N–H and O–H groups in total. The Morgan fingerprint density at radius 3 is 2.52 bits per heavy atom. The van der Waals surface area contributed by atoms with Crippen LogP contribution in [0.25, 0.3) is 0 Å². The molecule has 1 unspecified atom stereocenters. The summed E-state index contributed by atoms with van der Waals surface area (Å²) in [5.41, 5.74) is 0.0636. The Bertz CT molecular complexity index is 748. The van der Waals surface area contributed by atoms with E-state index < -0.39 is 14.9 Å². The molecular weight excluding hydrogens is 372 g/mol. The molecule has 152 valence electrons. The predicted octanol–water partition coefficient (Wildman–Crippen LogP) is 1.66. The summed E-state index contributed by atoms with van der Waals surface area (Å²) < 4.78 is 31.4. The van der Waals surface area contributed by atoms with Gasteiger partial charge in [-0.3, -0.25) is 15.0 Å². The van der Waals surface area contributed by atoms with Gasteiger partial charge in [0.15, 0.2) is 0 Å². The SMILES string of the molecule is CNS(=O)(=O)c1ccc(NCC(CC(C)C)N2CCOCC2)c([N+](=O)[O-])c1. The van der Waals surface area contributed by atoms with Gasteiger partial charge in [0.25, 0.3) is 5.69 Å². The van der Waals surface area contributed by atoms with Crippen LogP contribution in [0.15, 0.2) is 23.1 Å². The lowest BCUT2D eigenvalue weighted by molar-refractivity contribution is -0.384. The number of rotatable bonds is 9. The minimum Gasteiger partial charge on any atom is -0.379 e. The highest BCUT2D eigenvalue weighted by Gasteiger charge is 2.24. The van der Waals surface area contributed by atoms with E-state index in [0.29, 0.717) is 31.4 Å². The van der Waals surface area contributed by atoms with Crippen LogP contribution in [0.1, 0.15) is 20.3 Å². The maximum absolute atomic E-state index is 11.9. The second-order valence-electron chi connectivity index (χ2n) is 6.96. The first kappa shape index (κ1) is 21.5. The Morgan fingerprint density at radius 2 is 1.96 bits per heavy atom. The maximum atomic E-state index is 11.9. The monoisotopic (exact) mass is 400 g/mol. The van der Waals surface area contributed by atoms with Gasteiger partial charge in [0.1, 0.15) is 5.69 Å². The Kier molecular flexibility index (Phi) is 7.54. The van der Waals surface area contributed by atoms with Crippen LogP contribution in [-0.2, 0) is 14.8 Å². The summed E-state index contributed by atoms with van der Waals surface area (Å²) in [5, 5.41) is 14.6. The fourth-order valence-electron chi connectivity index (χ4n) is 3.17. The van der Waals surface area contributed by atoms with Gasteiger partial charge in [0, 0.05) is 31.7 Å². The standard InChI is InChI=1S/C17H28N4O5S/c1-13(2)10-14(20-6-8-26-9-7-20)12-19-16-5-4-15(27(24,25)18-3)11-17(16)21(22)23/h4-5,11,13-14,18-19H,6-10,12H2,1-3H3. The van der Waals surface area contributed by atoms with Gasteiger partial charge in [0.2, 0.25) is 10.0 Å². The van der Waals surface area contributed by atoms with Gasteiger partial charge in [-0.25, -0.2) is 13.1 Å². The molecule has 2 rings (SSSR count). The molecule has 1 aliphatic heterocycles. The minimum absolute atomic E-state index is 0.130. The van der Waals surface area contributed by atoms with Crippen molar-refractivity contribution in [1.29, 1.82) is 0 Å². The van der Waals surface area contributed by atoms with Crippen molar-refractivity contribution in [1.82, 2.24) is 9.62 Å². The molecular formula is C17H28N4O5S. The first-order valence-corrected chi connectivity index (χ1v) is 10.5. The maximum Gasteiger partial charge on any atom is 0.293 e. The molecule has 0 aliphatic carbocycles. The average Bonchev–Trinajstić information content (AvgIpc) is 2.65. The molecule has 0 amide bonds. The fraction of sp³-hybridized carbons (Fsp3) is 0.647. The van der Waals surface area contributed by atoms with E-state index in [4.69, 9.17) is 4.74 Å². The smallest absolute Gasteiger partial charge is 0.293 e. The zero-order valence-electron chi connectivity index (χ0n) is 16.0. The second-order valence-corrected chi connectivity index (χ2v) is 8.84. The Morgan fingerprint density at radius 1 is 1.30 bits per heavy atom. The van der Waals surface area contributed by atoms with Crippen molar-refractivity contribution in [2.24, 2.45) is 5.92 Å². The van der Waals surface area contributed by atoms with E-state index in [1.165, 1.54) is 19.2 Å². The second kappa shape index (κ2) is 9.45. The predicted molar refractivity (Wildman–Crippen MR) is 103 cm³/mol. The molecule has 1 heterocycles. The van der Waals surface area contributed by atoms with Crippen molar-refractivity contribution in [3.8, 4) is 0 Å². The van der Waals surface area contributed by atoms with E-state index in [1.54, 1.807) is 0 Å². The summed E-state index contributed by atoms with van der Waals surface area (Å²) in [6.07, 6.45) is 0.951. The van der Waals surface area contributed by atoms with Crippen LogP contribution in [-0.4, -0.2) is 64.2 Å². The third kappa shape index (κ3) is 5.86. The number of hydrogen-bond donors (Lipinski definition) is 2. The molecule has 1 fully saturated rings. The van der Waals surface area contributed by atoms with E-state index in [-0.39, 0.29) is 16.6 Å². The first-order chi connectivity index (χ1) is 12.7. The lowest BCUT2D eigenvalue weighted by atomic mass is 10.0. The third-order valence-electron chi connectivity index (χ3n) is 4.58. The highest BCUT2D eigenvalue weighted by atomic mass is 32.2. The van der Waals surface area contributed by atoms with Crippen LogP contribution in [0.2, 0.25) is 0 Å². The largest absolute Gasteiger partial charge is 0.379 e. The van der Waals surface area contributed by atoms with E-state index in [1.807, 2.05) is 0 Å². The summed E-state index contributed by atoms with van der Waals surface area (Å²) in [6, 6.07) is 4.12. The number of hydrogen-bond acceptors (Lipinski definition) is 7. The molecule has 1 aromatic carbocycles. The molecule has 27 heavy (non-hydrogen) atoms. The number of nitro groups is 1. The van der Waals surface area contributed by atoms with Gasteiger partial charge < -0.3 is 10.1 Å². The van der Waals surface area contributed by atoms with Crippen molar-refractivity contribution in [2.45, 2.75) is 31.2 Å². The average molecular weight is 401 g/mol. The number of nitro benzene ring substituents is 1. The lowest BCUT2D eigenvalue weighted by Gasteiger charge is -2.35. The van der Waals surface area contributed by atoms with Crippen molar-refractivity contribution in [2.75, 3.05) is 45.2 Å². The minimum atomic E-state index is -3.74. The molecule has 1 aliphatic rings. The van der Waals surface area contributed by atoms with E-state index in [2.05, 4.69) is 28.8 Å². The fourth-order valence-corrected chi connectivity index (χ4v) is 3.92. The quantitative estimate of drug-likeness (QED) is 0.479. The summed E-state index contributed by atoms with van der Waals surface area (Å²) >= 11 is 0. The van der Waals surface area contributed by atoms with Crippen LogP contribution in [0.4, 0.5) is 11.4 Å². The lowest BCUT2D eigenvalue weighted by Crippen LogP contribution is -2.47. The van der Waals surface area contributed by atoms with Crippen molar-refractivity contribution < 1.29 is 18.1 Å². The Hall–Kier alpha value is -1.75. The normalized spacial score (nSPS) is 17.0. The molecule has 0 radical (unpaired) electrons. The molecule has 10 heteroatoms.